The molecule has 0 aliphatic heterocycles. The average molecular weight is 350 g/mol. The molecule has 1 rings (SSSR count). The molecule has 0 aliphatic carbocycles. The summed E-state index contributed by atoms with van der Waals surface area (Å²) in [7, 11) is 1.68. The van der Waals surface area contributed by atoms with Gasteiger partial charge < -0.3 is 4.74 Å². The fraction of sp³-hybridized carbons (Fsp3) is 0.538. The number of rotatable bonds is 3. The predicted octanol–water partition coefficient (Wildman–Crippen LogP) is 5.33. The molecule has 90 valence electrons. The molecule has 0 aromatic heterocycles. The van der Waals surface area contributed by atoms with Gasteiger partial charge in [0.2, 0.25) is 0 Å². The van der Waals surface area contributed by atoms with Gasteiger partial charge in [-0.2, -0.15) is 0 Å². The van der Waals surface area contributed by atoms with Crippen LogP contribution in [0.15, 0.2) is 22.7 Å². The molecule has 3 heteroatoms. The Morgan fingerprint density at radius 3 is 2.38 bits per heavy atom. The van der Waals surface area contributed by atoms with Crippen LogP contribution in [-0.4, -0.2) is 7.11 Å². The highest BCUT2D eigenvalue weighted by Gasteiger charge is 2.18. The molecule has 0 radical (unpaired) electrons. The van der Waals surface area contributed by atoms with E-state index >= 15 is 0 Å². The molecular formula is C13H18Br2O. The van der Waals surface area contributed by atoms with Crippen LogP contribution in [0.2, 0.25) is 0 Å². The van der Waals surface area contributed by atoms with E-state index in [1.54, 1.807) is 7.11 Å². The van der Waals surface area contributed by atoms with Crippen LogP contribution in [0.3, 0.4) is 0 Å². The van der Waals surface area contributed by atoms with Crippen molar-refractivity contribution in [1.82, 2.24) is 0 Å². The van der Waals surface area contributed by atoms with Crippen LogP contribution in [0, 0.1) is 5.41 Å². The van der Waals surface area contributed by atoms with Crippen molar-refractivity contribution >= 4 is 31.9 Å². The van der Waals surface area contributed by atoms with Gasteiger partial charge in [0.1, 0.15) is 5.75 Å². The predicted molar refractivity (Wildman–Crippen MR) is 76.4 cm³/mol. The molecule has 1 aromatic rings. The molecule has 0 amide bonds. The molecule has 0 heterocycles. The normalized spacial score (nSPS) is 13.6. The molecule has 0 saturated carbocycles. The van der Waals surface area contributed by atoms with Gasteiger partial charge in [-0.15, -0.1) is 0 Å². The highest BCUT2D eigenvalue weighted by atomic mass is 79.9. The maximum absolute atomic E-state index is 5.22. The van der Waals surface area contributed by atoms with Gasteiger partial charge in [-0.05, 0) is 45.5 Å². The summed E-state index contributed by atoms with van der Waals surface area (Å²) < 4.78 is 6.22. The summed E-state index contributed by atoms with van der Waals surface area (Å²) >= 11 is 7.25. The third kappa shape index (κ3) is 4.10. The molecule has 0 saturated heterocycles. The quantitative estimate of drug-likeness (QED) is 0.670. The zero-order chi connectivity index (χ0) is 12.3. The van der Waals surface area contributed by atoms with Gasteiger partial charge in [0.15, 0.2) is 0 Å². The SMILES string of the molecule is COc1ccc(C(Br)CC(C)(C)C)cc1Br. The minimum absolute atomic E-state index is 0.320. The molecule has 0 spiro atoms. The summed E-state index contributed by atoms with van der Waals surface area (Å²) in [6.45, 7) is 6.75. The zero-order valence-electron chi connectivity index (χ0n) is 10.2. The monoisotopic (exact) mass is 348 g/mol. The largest absolute Gasteiger partial charge is 0.496 e. The van der Waals surface area contributed by atoms with Gasteiger partial charge >= 0.3 is 0 Å². The second-order valence-corrected chi connectivity index (χ2v) is 7.09. The summed E-state index contributed by atoms with van der Waals surface area (Å²) in [5, 5.41) is 0. The molecule has 1 unspecified atom stereocenters. The van der Waals surface area contributed by atoms with E-state index in [9.17, 15) is 0 Å². The first kappa shape index (κ1) is 14.0. The maximum atomic E-state index is 5.22. The topological polar surface area (TPSA) is 9.23 Å². The van der Waals surface area contributed by atoms with E-state index in [0.717, 1.165) is 16.6 Å². The van der Waals surface area contributed by atoms with E-state index in [1.165, 1.54) is 5.56 Å². The van der Waals surface area contributed by atoms with Crippen molar-refractivity contribution in [3.05, 3.63) is 28.2 Å². The lowest BCUT2D eigenvalue weighted by Crippen LogP contribution is -2.08. The van der Waals surface area contributed by atoms with Gasteiger partial charge in [-0.3, -0.25) is 0 Å². The summed E-state index contributed by atoms with van der Waals surface area (Å²) in [5.74, 6) is 0.874. The lowest BCUT2D eigenvalue weighted by molar-refractivity contribution is 0.376. The van der Waals surface area contributed by atoms with Crippen LogP contribution >= 0.6 is 31.9 Å². The molecule has 16 heavy (non-hydrogen) atoms. The van der Waals surface area contributed by atoms with Crippen LogP contribution in [0.5, 0.6) is 5.75 Å². The highest BCUT2D eigenvalue weighted by Crippen LogP contribution is 2.38. The Kier molecular flexibility index (Phi) is 4.87. The van der Waals surface area contributed by atoms with Crippen molar-refractivity contribution in [2.75, 3.05) is 7.11 Å². The van der Waals surface area contributed by atoms with Crippen LogP contribution in [0.1, 0.15) is 37.6 Å². The van der Waals surface area contributed by atoms with Crippen molar-refractivity contribution in [2.45, 2.75) is 32.0 Å². The Morgan fingerprint density at radius 2 is 1.94 bits per heavy atom. The van der Waals surface area contributed by atoms with E-state index in [4.69, 9.17) is 4.74 Å². The third-order valence-electron chi connectivity index (χ3n) is 2.33. The molecule has 0 N–H and O–H groups in total. The lowest BCUT2D eigenvalue weighted by atomic mass is 9.88. The van der Waals surface area contributed by atoms with E-state index in [-0.39, 0.29) is 0 Å². The van der Waals surface area contributed by atoms with Crippen molar-refractivity contribution in [3.63, 3.8) is 0 Å². The summed E-state index contributed by atoms with van der Waals surface area (Å²) in [5.41, 5.74) is 1.60. The first-order valence-electron chi connectivity index (χ1n) is 5.31. The first-order chi connectivity index (χ1) is 7.33. The molecule has 0 bridgehead atoms. The number of halogens is 2. The second-order valence-electron chi connectivity index (χ2n) is 5.13. The number of benzene rings is 1. The van der Waals surface area contributed by atoms with Gasteiger partial charge in [-0.25, -0.2) is 0 Å². The standard InChI is InChI=1S/C13H18Br2O/c1-13(2,3)8-11(15)9-5-6-12(16-4)10(14)7-9/h5-7,11H,8H2,1-4H3. The van der Waals surface area contributed by atoms with E-state index < -0.39 is 0 Å². The summed E-state index contributed by atoms with van der Waals surface area (Å²) in [6.07, 6.45) is 1.10. The molecule has 0 aliphatic rings. The minimum Gasteiger partial charge on any atom is -0.496 e. The van der Waals surface area contributed by atoms with E-state index in [1.807, 2.05) is 6.07 Å². The van der Waals surface area contributed by atoms with Crippen molar-refractivity contribution in [1.29, 1.82) is 0 Å². The van der Waals surface area contributed by atoms with Gasteiger partial charge in [-0.1, -0.05) is 42.8 Å². The Labute approximate surface area is 115 Å². The Bertz CT molecular complexity index is 355. The summed E-state index contributed by atoms with van der Waals surface area (Å²) in [4.78, 5) is 0.384. The Balaban J connectivity index is 2.85. The van der Waals surface area contributed by atoms with E-state index in [0.29, 0.717) is 10.2 Å². The molecule has 0 fully saturated rings. The zero-order valence-corrected chi connectivity index (χ0v) is 13.4. The Morgan fingerprint density at radius 1 is 1.31 bits per heavy atom. The van der Waals surface area contributed by atoms with Crippen molar-refractivity contribution < 1.29 is 4.74 Å². The third-order valence-corrected chi connectivity index (χ3v) is 3.80. The lowest BCUT2D eigenvalue weighted by Gasteiger charge is -2.22. The van der Waals surface area contributed by atoms with Crippen molar-refractivity contribution in [3.8, 4) is 5.75 Å². The second kappa shape index (κ2) is 5.54. The molecule has 1 aromatic carbocycles. The Hall–Kier alpha value is -0.0200. The minimum atomic E-state index is 0.320. The van der Waals surface area contributed by atoms with Crippen LogP contribution in [0.25, 0.3) is 0 Å². The number of methoxy groups -OCH3 is 1. The number of hydrogen-bond acceptors (Lipinski definition) is 1. The molecular weight excluding hydrogens is 332 g/mol. The maximum Gasteiger partial charge on any atom is 0.133 e. The smallest absolute Gasteiger partial charge is 0.133 e. The molecule has 1 atom stereocenters. The molecule has 1 nitrogen and oxygen atoms in total. The number of ether oxygens (including phenoxy) is 1. The summed E-state index contributed by atoms with van der Waals surface area (Å²) in [6, 6.07) is 6.22. The number of alkyl halides is 1. The van der Waals surface area contributed by atoms with Crippen LogP contribution < -0.4 is 4.74 Å². The van der Waals surface area contributed by atoms with Crippen LogP contribution in [-0.2, 0) is 0 Å². The van der Waals surface area contributed by atoms with Gasteiger partial charge in [0, 0.05) is 4.83 Å². The van der Waals surface area contributed by atoms with Gasteiger partial charge in [0.25, 0.3) is 0 Å². The van der Waals surface area contributed by atoms with E-state index in [2.05, 4.69) is 64.8 Å². The van der Waals surface area contributed by atoms with Gasteiger partial charge in [0.05, 0.1) is 11.6 Å². The van der Waals surface area contributed by atoms with Crippen molar-refractivity contribution in [2.24, 2.45) is 5.41 Å². The average Bonchev–Trinajstić information content (AvgIpc) is 2.15. The fourth-order valence-corrected chi connectivity index (χ4v) is 3.35. The highest BCUT2D eigenvalue weighted by molar-refractivity contribution is 9.10. The number of hydrogen-bond donors (Lipinski definition) is 0. The van der Waals surface area contributed by atoms with Crippen LogP contribution in [0.4, 0.5) is 0 Å². The fourth-order valence-electron chi connectivity index (χ4n) is 1.53. The first-order valence-corrected chi connectivity index (χ1v) is 7.02.